The molecule has 0 spiro atoms. The molecule has 0 saturated heterocycles. The van der Waals surface area contributed by atoms with Crippen LogP contribution in [-0.2, 0) is 5.41 Å². The van der Waals surface area contributed by atoms with E-state index in [9.17, 15) is 0 Å². The first-order valence-electron chi connectivity index (χ1n) is 4.42. The molecule has 13 heavy (non-hydrogen) atoms. The van der Waals surface area contributed by atoms with Gasteiger partial charge in [0.2, 0.25) is 0 Å². The number of hydrogen-bond acceptors (Lipinski definition) is 2. The van der Waals surface area contributed by atoms with E-state index in [2.05, 4.69) is 17.1 Å². The molecule has 3 aliphatic carbocycles. The highest BCUT2D eigenvalue weighted by Crippen LogP contribution is 2.66. The number of nitrogens with zero attached hydrogens (tertiary/aromatic N) is 1. The molecule has 2 N–H and O–H groups in total. The largest absolute Gasteiger partial charge is 0.325 e. The van der Waals surface area contributed by atoms with Gasteiger partial charge in [-0.2, -0.15) is 0 Å². The smallest absolute Gasteiger partial charge is 0.0270 e. The van der Waals surface area contributed by atoms with Crippen LogP contribution in [0.3, 0.4) is 0 Å². The molecule has 70 valence electrons. The first-order chi connectivity index (χ1) is 5.73. The molecule has 0 aliphatic heterocycles. The lowest BCUT2D eigenvalue weighted by Gasteiger charge is -2.69. The second-order valence-electron chi connectivity index (χ2n) is 4.41. The van der Waals surface area contributed by atoms with E-state index in [4.69, 9.17) is 5.73 Å². The Labute approximate surface area is 84.0 Å². The Morgan fingerprint density at radius 2 is 1.69 bits per heavy atom. The van der Waals surface area contributed by atoms with Crippen molar-refractivity contribution in [3.8, 4) is 0 Å². The topological polar surface area (TPSA) is 38.9 Å². The SMILES string of the molecule is Cl.NC12CC(c3ccncc3)(C1)C2. The molecular formula is C10H13ClN2. The Balaban J connectivity index is 0.000000653. The third kappa shape index (κ3) is 1.02. The summed E-state index contributed by atoms with van der Waals surface area (Å²) >= 11 is 0. The Kier molecular flexibility index (Phi) is 1.70. The molecule has 3 heteroatoms. The fourth-order valence-electron chi connectivity index (χ4n) is 2.88. The summed E-state index contributed by atoms with van der Waals surface area (Å²) in [5.74, 6) is 0. The van der Waals surface area contributed by atoms with Gasteiger partial charge < -0.3 is 5.73 Å². The molecule has 0 atom stereocenters. The fourth-order valence-corrected chi connectivity index (χ4v) is 2.88. The average Bonchev–Trinajstić information content (AvgIpc) is 1.99. The minimum absolute atomic E-state index is 0. The first kappa shape index (κ1) is 8.97. The Bertz CT molecular complexity index is 303. The molecule has 4 rings (SSSR count). The third-order valence-electron chi connectivity index (χ3n) is 3.36. The van der Waals surface area contributed by atoms with Crippen molar-refractivity contribution in [2.75, 3.05) is 0 Å². The number of halogens is 1. The van der Waals surface area contributed by atoms with Gasteiger partial charge in [-0.15, -0.1) is 12.4 Å². The molecule has 2 nitrogen and oxygen atoms in total. The maximum atomic E-state index is 5.99. The summed E-state index contributed by atoms with van der Waals surface area (Å²) in [6, 6.07) is 4.25. The second-order valence-corrected chi connectivity index (χ2v) is 4.41. The van der Waals surface area contributed by atoms with Gasteiger partial charge in [0, 0.05) is 23.3 Å². The summed E-state index contributed by atoms with van der Waals surface area (Å²) in [7, 11) is 0. The molecule has 0 amide bonds. The molecule has 0 aromatic carbocycles. The standard InChI is InChI=1S/C10H12N2.ClH/c11-10-5-9(6-10,7-10)8-1-3-12-4-2-8;/h1-4H,5-7,11H2;1H. The van der Waals surface area contributed by atoms with Gasteiger partial charge in [-0.05, 0) is 37.0 Å². The summed E-state index contributed by atoms with van der Waals surface area (Å²) in [5.41, 5.74) is 8.10. The maximum absolute atomic E-state index is 5.99. The Hall–Kier alpha value is -0.600. The van der Waals surface area contributed by atoms with E-state index >= 15 is 0 Å². The van der Waals surface area contributed by atoms with E-state index in [1.54, 1.807) is 0 Å². The van der Waals surface area contributed by atoms with E-state index in [-0.39, 0.29) is 17.9 Å². The molecule has 3 fully saturated rings. The Morgan fingerprint density at radius 3 is 2.15 bits per heavy atom. The van der Waals surface area contributed by atoms with Crippen molar-refractivity contribution in [1.82, 2.24) is 4.98 Å². The minimum atomic E-state index is 0. The Morgan fingerprint density at radius 1 is 1.15 bits per heavy atom. The normalized spacial score (nSPS) is 39.8. The van der Waals surface area contributed by atoms with Crippen LogP contribution in [0.15, 0.2) is 24.5 Å². The molecular weight excluding hydrogens is 184 g/mol. The highest BCUT2D eigenvalue weighted by atomic mass is 35.5. The van der Waals surface area contributed by atoms with Crippen molar-refractivity contribution in [2.24, 2.45) is 5.73 Å². The molecule has 0 radical (unpaired) electrons. The molecule has 2 bridgehead atoms. The third-order valence-corrected chi connectivity index (χ3v) is 3.36. The van der Waals surface area contributed by atoms with Crippen LogP contribution in [0.5, 0.6) is 0 Å². The number of nitrogens with two attached hydrogens (primary N) is 1. The van der Waals surface area contributed by atoms with Crippen LogP contribution < -0.4 is 5.73 Å². The lowest BCUT2D eigenvalue weighted by Crippen LogP contribution is -2.74. The lowest BCUT2D eigenvalue weighted by molar-refractivity contribution is -0.0590. The van der Waals surface area contributed by atoms with Crippen molar-refractivity contribution in [3.05, 3.63) is 30.1 Å². The minimum Gasteiger partial charge on any atom is -0.325 e. The van der Waals surface area contributed by atoms with E-state index in [1.807, 2.05) is 12.4 Å². The zero-order chi connectivity index (χ0) is 8.23. The van der Waals surface area contributed by atoms with Gasteiger partial charge in [0.1, 0.15) is 0 Å². The number of aromatic nitrogens is 1. The van der Waals surface area contributed by atoms with Crippen LogP contribution in [-0.4, -0.2) is 10.5 Å². The van der Waals surface area contributed by atoms with Crippen molar-refractivity contribution in [1.29, 1.82) is 0 Å². The summed E-state index contributed by atoms with van der Waals surface area (Å²) < 4.78 is 0. The van der Waals surface area contributed by atoms with Crippen molar-refractivity contribution in [2.45, 2.75) is 30.2 Å². The van der Waals surface area contributed by atoms with Crippen molar-refractivity contribution >= 4 is 12.4 Å². The lowest BCUT2D eigenvalue weighted by atomic mass is 9.38. The molecule has 0 unspecified atom stereocenters. The van der Waals surface area contributed by atoms with Crippen LogP contribution >= 0.6 is 12.4 Å². The predicted octanol–water partition coefficient (Wildman–Crippen LogP) is 1.64. The van der Waals surface area contributed by atoms with Crippen LogP contribution in [0, 0.1) is 0 Å². The molecule has 1 aromatic rings. The number of hydrogen-bond donors (Lipinski definition) is 1. The predicted molar refractivity (Wildman–Crippen MR) is 53.9 cm³/mol. The monoisotopic (exact) mass is 196 g/mol. The van der Waals surface area contributed by atoms with Crippen molar-refractivity contribution in [3.63, 3.8) is 0 Å². The molecule has 3 saturated carbocycles. The summed E-state index contributed by atoms with van der Waals surface area (Å²) in [4.78, 5) is 4.02. The van der Waals surface area contributed by atoms with Gasteiger partial charge in [0.05, 0.1) is 0 Å². The number of pyridine rings is 1. The maximum Gasteiger partial charge on any atom is 0.0270 e. The average molecular weight is 197 g/mol. The summed E-state index contributed by atoms with van der Waals surface area (Å²) in [5, 5.41) is 0. The highest BCUT2D eigenvalue weighted by Gasteiger charge is 2.66. The quantitative estimate of drug-likeness (QED) is 0.742. The van der Waals surface area contributed by atoms with E-state index in [1.165, 1.54) is 24.8 Å². The zero-order valence-electron chi connectivity index (χ0n) is 7.36. The van der Waals surface area contributed by atoms with Crippen LogP contribution in [0.4, 0.5) is 0 Å². The van der Waals surface area contributed by atoms with Gasteiger partial charge in [0.25, 0.3) is 0 Å². The number of rotatable bonds is 1. The van der Waals surface area contributed by atoms with E-state index in [0.717, 1.165) is 0 Å². The van der Waals surface area contributed by atoms with Gasteiger partial charge >= 0.3 is 0 Å². The second kappa shape index (κ2) is 2.46. The van der Waals surface area contributed by atoms with Crippen LogP contribution in [0.25, 0.3) is 0 Å². The first-order valence-corrected chi connectivity index (χ1v) is 4.42. The molecule has 3 aliphatic rings. The van der Waals surface area contributed by atoms with E-state index in [0.29, 0.717) is 5.41 Å². The van der Waals surface area contributed by atoms with Gasteiger partial charge in [-0.3, -0.25) is 4.98 Å². The van der Waals surface area contributed by atoms with Crippen LogP contribution in [0.2, 0.25) is 0 Å². The van der Waals surface area contributed by atoms with E-state index < -0.39 is 0 Å². The van der Waals surface area contributed by atoms with Gasteiger partial charge in [-0.25, -0.2) is 0 Å². The van der Waals surface area contributed by atoms with Crippen molar-refractivity contribution < 1.29 is 0 Å². The molecule has 1 aromatic heterocycles. The summed E-state index contributed by atoms with van der Waals surface area (Å²) in [6.45, 7) is 0. The highest BCUT2D eigenvalue weighted by molar-refractivity contribution is 5.85. The fraction of sp³-hybridized carbons (Fsp3) is 0.500. The van der Waals surface area contributed by atoms with Gasteiger partial charge in [-0.1, -0.05) is 0 Å². The summed E-state index contributed by atoms with van der Waals surface area (Å²) in [6.07, 6.45) is 7.30. The van der Waals surface area contributed by atoms with Gasteiger partial charge in [0.15, 0.2) is 0 Å². The molecule has 1 heterocycles. The van der Waals surface area contributed by atoms with Crippen LogP contribution in [0.1, 0.15) is 24.8 Å². The zero-order valence-corrected chi connectivity index (χ0v) is 8.18.